The van der Waals surface area contributed by atoms with Crippen LogP contribution in [-0.4, -0.2) is 28.6 Å². The molecule has 3 atom stereocenters. The SMILES string of the molecule is C=CC/C(CC(OC)c1cccc(OC)c1)=C1\CC[C@H](O[Si](C)(C)C(C)(C)C)[C@@]1(C)C=C. The second kappa shape index (κ2) is 10.5. The molecule has 1 aliphatic rings. The maximum Gasteiger partial charge on any atom is 0.192 e. The third kappa shape index (κ3) is 5.65. The first-order valence-electron chi connectivity index (χ1n) is 11.7. The van der Waals surface area contributed by atoms with Crippen molar-refractivity contribution < 1.29 is 13.9 Å². The van der Waals surface area contributed by atoms with E-state index in [4.69, 9.17) is 13.9 Å². The van der Waals surface area contributed by atoms with Gasteiger partial charge in [0.2, 0.25) is 0 Å². The van der Waals surface area contributed by atoms with E-state index >= 15 is 0 Å². The van der Waals surface area contributed by atoms with Crippen LogP contribution in [0.1, 0.15) is 65.0 Å². The second-order valence-electron chi connectivity index (χ2n) is 10.7. The van der Waals surface area contributed by atoms with E-state index in [0.29, 0.717) is 0 Å². The van der Waals surface area contributed by atoms with Gasteiger partial charge in [-0.2, -0.15) is 0 Å². The van der Waals surface area contributed by atoms with Gasteiger partial charge in [0.1, 0.15) is 5.75 Å². The lowest BCUT2D eigenvalue weighted by atomic mass is 9.78. The Bertz CT molecular complexity index is 833. The van der Waals surface area contributed by atoms with E-state index < -0.39 is 8.32 Å². The van der Waals surface area contributed by atoms with E-state index in [2.05, 4.69) is 72.2 Å². The van der Waals surface area contributed by atoms with Gasteiger partial charge in [-0.1, -0.05) is 56.2 Å². The number of hydrogen-bond donors (Lipinski definition) is 0. The molecule has 2 rings (SSSR count). The molecular weight excluding hydrogens is 412 g/mol. The molecule has 1 aliphatic carbocycles. The molecule has 0 radical (unpaired) electrons. The molecule has 178 valence electrons. The van der Waals surface area contributed by atoms with Crippen molar-refractivity contribution in [1.82, 2.24) is 0 Å². The normalized spacial score (nSPS) is 24.2. The van der Waals surface area contributed by atoms with Crippen molar-refractivity contribution in [2.45, 2.75) is 83.7 Å². The Hall–Kier alpha value is -1.62. The van der Waals surface area contributed by atoms with Crippen LogP contribution in [0.2, 0.25) is 18.1 Å². The van der Waals surface area contributed by atoms with Gasteiger partial charge in [-0.25, -0.2) is 0 Å². The first-order chi connectivity index (χ1) is 14.9. The number of hydrogen-bond acceptors (Lipinski definition) is 3. The monoisotopic (exact) mass is 456 g/mol. The lowest BCUT2D eigenvalue weighted by molar-refractivity contribution is 0.101. The van der Waals surface area contributed by atoms with Crippen molar-refractivity contribution in [3.63, 3.8) is 0 Å². The summed E-state index contributed by atoms with van der Waals surface area (Å²) in [4.78, 5) is 0. The van der Waals surface area contributed by atoms with Crippen LogP contribution in [0.3, 0.4) is 0 Å². The zero-order valence-electron chi connectivity index (χ0n) is 21.6. The van der Waals surface area contributed by atoms with Gasteiger partial charge in [0.25, 0.3) is 0 Å². The predicted octanol–water partition coefficient (Wildman–Crippen LogP) is 8.02. The largest absolute Gasteiger partial charge is 0.497 e. The Morgan fingerprint density at radius 3 is 2.47 bits per heavy atom. The highest BCUT2D eigenvalue weighted by molar-refractivity contribution is 6.74. The summed E-state index contributed by atoms with van der Waals surface area (Å²) in [6.07, 6.45) is 7.96. The number of ether oxygens (including phenoxy) is 2. The van der Waals surface area contributed by atoms with Gasteiger partial charge in [-0.05, 0) is 68.4 Å². The van der Waals surface area contributed by atoms with Crippen molar-refractivity contribution in [2.24, 2.45) is 5.41 Å². The Morgan fingerprint density at radius 2 is 1.94 bits per heavy atom. The number of rotatable bonds is 10. The molecule has 0 aromatic heterocycles. The first kappa shape index (κ1) is 26.6. The Balaban J connectivity index is 2.42. The smallest absolute Gasteiger partial charge is 0.192 e. The van der Waals surface area contributed by atoms with Crippen LogP contribution < -0.4 is 4.74 Å². The predicted molar refractivity (Wildman–Crippen MR) is 139 cm³/mol. The minimum Gasteiger partial charge on any atom is -0.497 e. The molecule has 1 fully saturated rings. The first-order valence-corrected chi connectivity index (χ1v) is 14.6. The van der Waals surface area contributed by atoms with E-state index in [1.54, 1.807) is 14.2 Å². The molecule has 4 heteroatoms. The topological polar surface area (TPSA) is 27.7 Å². The van der Waals surface area contributed by atoms with Gasteiger partial charge in [0, 0.05) is 12.5 Å². The molecule has 0 heterocycles. The van der Waals surface area contributed by atoms with Crippen molar-refractivity contribution in [1.29, 1.82) is 0 Å². The summed E-state index contributed by atoms with van der Waals surface area (Å²) in [6, 6.07) is 8.16. The van der Waals surface area contributed by atoms with Gasteiger partial charge in [0.05, 0.1) is 19.3 Å². The molecule has 1 aromatic rings. The standard InChI is InChI=1S/C28H44O3Si/c1-11-14-21(20-25(30-8)22-15-13-16-23(19-22)29-7)24-17-18-26(28(24,6)12-2)31-32(9,10)27(3,4)5/h11-13,15-16,19,25-26H,1-2,14,17-18,20H2,3-10H3/b24-21-/t25?,26-,28-/m0/s1. The summed E-state index contributed by atoms with van der Waals surface area (Å²) in [5.41, 5.74) is 3.78. The van der Waals surface area contributed by atoms with Gasteiger partial charge >= 0.3 is 0 Å². The highest BCUT2D eigenvalue weighted by atomic mass is 28.4. The molecule has 1 aromatic carbocycles. The highest BCUT2D eigenvalue weighted by Crippen LogP contribution is 2.51. The Morgan fingerprint density at radius 1 is 1.25 bits per heavy atom. The summed E-state index contributed by atoms with van der Waals surface area (Å²) in [5.74, 6) is 0.849. The maximum atomic E-state index is 6.93. The summed E-state index contributed by atoms with van der Waals surface area (Å²) in [7, 11) is 1.59. The van der Waals surface area contributed by atoms with Crippen molar-refractivity contribution in [3.05, 3.63) is 66.3 Å². The van der Waals surface area contributed by atoms with E-state index in [1.807, 2.05) is 18.2 Å². The number of allylic oxidation sites excluding steroid dienone is 1. The zero-order valence-corrected chi connectivity index (χ0v) is 22.6. The lowest BCUT2D eigenvalue weighted by Crippen LogP contribution is -2.46. The van der Waals surface area contributed by atoms with Crippen LogP contribution in [-0.2, 0) is 9.16 Å². The van der Waals surface area contributed by atoms with Crippen molar-refractivity contribution in [3.8, 4) is 5.75 Å². The summed E-state index contributed by atoms with van der Waals surface area (Å²) >= 11 is 0. The second-order valence-corrected chi connectivity index (χ2v) is 15.4. The van der Waals surface area contributed by atoms with Gasteiger partial charge in [-0.15, -0.1) is 13.2 Å². The van der Waals surface area contributed by atoms with Crippen LogP contribution in [0.4, 0.5) is 0 Å². The van der Waals surface area contributed by atoms with Crippen LogP contribution >= 0.6 is 0 Å². The summed E-state index contributed by atoms with van der Waals surface area (Å²) in [6.45, 7) is 22.2. The molecule has 1 saturated carbocycles. The number of benzene rings is 1. The van der Waals surface area contributed by atoms with Crippen molar-refractivity contribution in [2.75, 3.05) is 14.2 Å². The average Bonchev–Trinajstić information content (AvgIpc) is 3.06. The molecule has 0 N–H and O–H groups in total. The summed E-state index contributed by atoms with van der Waals surface area (Å²) in [5, 5.41) is 0.180. The molecule has 3 nitrogen and oxygen atoms in total. The van der Waals surface area contributed by atoms with Gasteiger partial charge in [-0.3, -0.25) is 0 Å². The van der Waals surface area contributed by atoms with E-state index in [1.165, 1.54) is 11.1 Å². The van der Waals surface area contributed by atoms with Crippen molar-refractivity contribution >= 4 is 8.32 Å². The van der Waals surface area contributed by atoms with E-state index in [9.17, 15) is 0 Å². The van der Waals surface area contributed by atoms with Crippen LogP contribution in [0.5, 0.6) is 5.75 Å². The number of methoxy groups -OCH3 is 2. The summed E-state index contributed by atoms with van der Waals surface area (Å²) < 4.78 is 18.3. The van der Waals surface area contributed by atoms with Gasteiger partial charge in [0.15, 0.2) is 8.32 Å². The average molecular weight is 457 g/mol. The molecule has 32 heavy (non-hydrogen) atoms. The van der Waals surface area contributed by atoms with Gasteiger partial charge < -0.3 is 13.9 Å². The van der Waals surface area contributed by atoms with E-state index in [-0.39, 0.29) is 22.7 Å². The van der Waals surface area contributed by atoms with Crippen LogP contribution in [0.25, 0.3) is 0 Å². The fourth-order valence-electron chi connectivity index (χ4n) is 4.47. The van der Waals surface area contributed by atoms with Crippen LogP contribution in [0, 0.1) is 5.41 Å². The van der Waals surface area contributed by atoms with Crippen LogP contribution in [0.15, 0.2) is 60.7 Å². The molecule has 0 amide bonds. The molecular formula is C28H44O3Si. The fraction of sp³-hybridized carbons (Fsp3) is 0.571. The minimum absolute atomic E-state index is 0.0398. The molecule has 0 spiro atoms. The lowest BCUT2D eigenvalue weighted by Gasteiger charge is -2.42. The zero-order chi connectivity index (χ0) is 24.2. The quantitative estimate of drug-likeness (QED) is 0.263. The molecule has 0 saturated heterocycles. The van der Waals surface area contributed by atoms with E-state index in [0.717, 1.165) is 37.0 Å². The maximum absolute atomic E-state index is 6.93. The Kier molecular flexibility index (Phi) is 8.77. The Labute approximate surface area is 197 Å². The molecule has 0 bridgehead atoms. The molecule has 1 unspecified atom stereocenters. The fourth-order valence-corrected chi connectivity index (χ4v) is 5.90. The molecule has 0 aliphatic heterocycles. The highest BCUT2D eigenvalue weighted by Gasteiger charge is 2.48. The third-order valence-corrected chi connectivity index (χ3v) is 12.1. The third-order valence-electron chi connectivity index (χ3n) is 7.64. The minimum atomic E-state index is -1.89.